The van der Waals surface area contributed by atoms with Crippen LogP contribution in [0.4, 0.5) is 0 Å². The molecule has 0 spiro atoms. The van der Waals surface area contributed by atoms with E-state index in [4.69, 9.17) is 8.85 Å². The maximum atomic E-state index is 6.65. The molecule has 1 aliphatic rings. The van der Waals surface area contributed by atoms with E-state index in [1.807, 2.05) is 0 Å². The van der Waals surface area contributed by atoms with E-state index in [-0.39, 0.29) is 0 Å². The molecule has 0 saturated heterocycles. The zero-order valence-electron chi connectivity index (χ0n) is 16.8. The van der Waals surface area contributed by atoms with Crippen LogP contribution in [0.3, 0.4) is 0 Å². The lowest BCUT2D eigenvalue weighted by Gasteiger charge is -2.44. The summed E-state index contributed by atoms with van der Waals surface area (Å²) < 4.78 is 13.3. The molecule has 0 aliphatic heterocycles. The molecule has 1 saturated carbocycles. The third-order valence-corrected chi connectivity index (χ3v) is 15.2. The van der Waals surface area contributed by atoms with Crippen molar-refractivity contribution in [3.05, 3.63) is 0 Å². The van der Waals surface area contributed by atoms with E-state index in [0.29, 0.717) is 22.3 Å². The molecule has 0 amide bonds. The highest BCUT2D eigenvalue weighted by atomic mass is 28.4. The second-order valence-corrected chi connectivity index (χ2v) is 19.7. The van der Waals surface area contributed by atoms with Gasteiger partial charge < -0.3 is 8.85 Å². The van der Waals surface area contributed by atoms with Crippen molar-refractivity contribution in [2.75, 3.05) is 0 Å². The van der Waals surface area contributed by atoms with Crippen molar-refractivity contribution >= 4 is 16.6 Å². The van der Waals surface area contributed by atoms with Gasteiger partial charge in [-0.2, -0.15) is 0 Å². The molecule has 0 bridgehead atoms. The van der Waals surface area contributed by atoms with E-state index >= 15 is 0 Å². The predicted octanol–water partition coefficient (Wildman–Crippen LogP) is 6.34. The average Bonchev–Trinajstić information content (AvgIpc) is 2.24. The van der Waals surface area contributed by atoms with E-state index in [1.165, 1.54) is 19.3 Å². The van der Waals surface area contributed by atoms with Gasteiger partial charge in [0.25, 0.3) is 0 Å². The Morgan fingerprint density at radius 3 is 1.27 bits per heavy atom. The van der Waals surface area contributed by atoms with Gasteiger partial charge in [0, 0.05) is 12.2 Å². The van der Waals surface area contributed by atoms with Crippen LogP contribution in [-0.4, -0.2) is 28.8 Å². The second-order valence-electron chi connectivity index (χ2n) is 10.2. The molecular formula is C18H40O2Si2. The quantitative estimate of drug-likeness (QED) is 0.554. The third kappa shape index (κ3) is 5.18. The highest BCUT2D eigenvalue weighted by Gasteiger charge is 2.42. The molecule has 0 heterocycles. The molecule has 0 radical (unpaired) electrons. The second kappa shape index (κ2) is 6.69. The van der Waals surface area contributed by atoms with Crippen molar-refractivity contribution in [3.8, 4) is 0 Å². The molecule has 2 atom stereocenters. The fourth-order valence-corrected chi connectivity index (χ4v) is 5.31. The molecule has 132 valence electrons. The Labute approximate surface area is 141 Å². The fraction of sp³-hybridized carbons (Fsp3) is 1.00. The van der Waals surface area contributed by atoms with Crippen molar-refractivity contribution in [1.82, 2.24) is 0 Å². The first kappa shape index (κ1) is 20.4. The van der Waals surface area contributed by atoms with Crippen molar-refractivity contribution in [1.29, 1.82) is 0 Å². The van der Waals surface area contributed by atoms with E-state index in [9.17, 15) is 0 Å². The molecule has 1 rings (SSSR count). The summed E-state index contributed by atoms with van der Waals surface area (Å²) in [6, 6.07) is 0. The highest BCUT2D eigenvalue weighted by molar-refractivity contribution is 6.74. The fourth-order valence-electron chi connectivity index (χ4n) is 2.50. The van der Waals surface area contributed by atoms with Crippen LogP contribution in [-0.2, 0) is 8.85 Å². The van der Waals surface area contributed by atoms with Gasteiger partial charge in [0.2, 0.25) is 0 Å². The first-order valence-electron chi connectivity index (χ1n) is 9.01. The Morgan fingerprint density at radius 2 is 1.00 bits per heavy atom. The third-order valence-electron chi connectivity index (χ3n) is 6.11. The minimum atomic E-state index is -1.66. The maximum Gasteiger partial charge on any atom is 0.192 e. The van der Waals surface area contributed by atoms with Crippen LogP contribution in [0.2, 0.25) is 36.3 Å². The molecule has 22 heavy (non-hydrogen) atoms. The Bertz CT molecular complexity index is 330. The Hall–Kier alpha value is 0.354. The SMILES string of the molecule is CC(C)(C)[Si](C)(C)O[C@@H]1CCC[C@@H](O[Si](C)(C)C(C)(C)C)C1. The molecular weight excluding hydrogens is 304 g/mol. The summed E-state index contributed by atoms with van der Waals surface area (Å²) in [5, 5.41) is 0.584. The van der Waals surface area contributed by atoms with E-state index < -0.39 is 16.6 Å². The summed E-state index contributed by atoms with van der Waals surface area (Å²) in [6.45, 7) is 23.4. The largest absolute Gasteiger partial charge is 0.414 e. The summed E-state index contributed by atoms with van der Waals surface area (Å²) in [6.07, 6.45) is 5.58. The van der Waals surface area contributed by atoms with Gasteiger partial charge in [0.05, 0.1) is 0 Å². The summed E-state index contributed by atoms with van der Waals surface area (Å²) in [5.41, 5.74) is 0. The lowest BCUT2D eigenvalue weighted by Crippen LogP contribution is -2.48. The van der Waals surface area contributed by atoms with Gasteiger partial charge in [-0.25, -0.2) is 0 Å². The molecule has 0 unspecified atom stereocenters. The zero-order valence-corrected chi connectivity index (χ0v) is 18.8. The minimum absolute atomic E-state index is 0.292. The van der Waals surface area contributed by atoms with E-state index in [2.05, 4.69) is 67.7 Å². The van der Waals surface area contributed by atoms with Crippen LogP contribution in [0.5, 0.6) is 0 Å². The molecule has 1 aliphatic carbocycles. The van der Waals surface area contributed by atoms with Gasteiger partial charge in [-0.3, -0.25) is 0 Å². The van der Waals surface area contributed by atoms with Gasteiger partial charge in [0.1, 0.15) is 0 Å². The normalized spacial score (nSPS) is 25.4. The van der Waals surface area contributed by atoms with Gasteiger partial charge in [-0.1, -0.05) is 41.5 Å². The van der Waals surface area contributed by atoms with E-state index in [0.717, 1.165) is 6.42 Å². The van der Waals surface area contributed by atoms with Crippen LogP contribution in [0, 0.1) is 0 Å². The molecule has 4 heteroatoms. The van der Waals surface area contributed by atoms with Crippen LogP contribution in [0.25, 0.3) is 0 Å². The van der Waals surface area contributed by atoms with Crippen LogP contribution in [0.15, 0.2) is 0 Å². The highest BCUT2D eigenvalue weighted by Crippen LogP contribution is 2.41. The maximum absolute atomic E-state index is 6.65. The molecule has 0 aromatic rings. The number of hydrogen-bond acceptors (Lipinski definition) is 2. The Morgan fingerprint density at radius 1 is 0.682 bits per heavy atom. The standard InChI is InChI=1S/C18H40O2Si2/c1-17(2,3)21(7,8)19-15-12-11-13-16(14-15)20-22(9,10)18(4,5)6/h15-16H,11-14H2,1-10H3/t15-,16-/m1/s1. The van der Waals surface area contributed by atoms with Crippen molar-refractivity contribution < 1.29 is 8.85 Å². The molecule has 2 nitrogen and oxygen atoms in total. The first-order chi connectivity index (χ1) is 9.66. The summed E-state index contributed by atoms with van der Waals surface area (Å²) in [4.78, 5) is 0. The number of rotatable bonds is 4. The van der Waals surface area contributed by atoms with Crippen LogP contribution < -0.4 is 0 Å². The Kier molecular flexibility index (Phi) is 6.21. The van der Waals surface area contributed by atoms with Gasteiger partial charge in [-0.15, -0.1) is 0 Å². The van der Waals surface area contributed by atoms with Crippen molar-refractivity contribution in [3.63, 3.8) is 0 Å². The summed E-state index contributed by atoms with van der Waals surface area (Å²) in [7, 11) is -3.32. The minimum Gasteiger partial charge on any atom is -0.414 e. The van der Waals surface area contributed by atoms with Crippen LogP contribution in [0.1, 0.15) is 67.2 Å². The van der Waals surface area contributed by atoms with Gasteiger partial charge in [-0.05, 0) is 61.9 Å². The zero-order chi connectivity index (χ0) is 17.4. The smallest absolute Gasteiger partial charge is 0.192 e. The number of hydrogen-bond donors (Lipinski definition) is 0. The summed E-state index contributed by atoms with van der Waals surface area (Å²) >= 11 is 0. The van der Waals surface area contributed by atoms with Gasteiger partial charge >= 0.3 is 0 Å². The van der Waals surface area contributed by atoms with Gasteiger partial charge in [0.15, 0.2) is 16.6 Å². The first-order valence-corrected chi connectivity index (χ1v) is 14.8. The predicted molar refractivity (Wildman–Crippen MR) is 103 cm³/mol. The summed E-state index contributed by atoms with van der Waals surface area (Å²) in [5.74, 6) is 0. The van der Waals surface area contributed by atoms with Crippen molar-refractivity contribution in [2.45, 2.75) is 116 Å². The Balaban J connectivity index is 2.66. The molecule has 1 fully saturated rings. The molecule has 0 aromatic carbocycles. The van der Waals surface area contributed by atoms with Crippen molar-refractivity contribution in [2.24, 2.45) is 0 Å². The monoisotopic (exact) mass is 344 g/mol. The lowest BCUT2D eigenvalue weighted by molar-refractivity contribution is 0.0525. The topological polar surface area (TPSA) is 18.5 Å². The average molecular weight is 345 g/mol. The molecule has 0 aromatic heterocycles. The van der Waals surface area contributed by atoms with Crippen LogP contribution >= 0.6 is 0 Å². The van der Waals surface area contributed by atoms with E-state index in [1.54, 1.807) is 0 Å². The molecule has 0 N–H and O–H groups in total. The lowest BCUT2D eigenvalue weighted by atomic mass is 9.95.